The number of nitrogens with zero attached hydrogens (tertiary/aromatic N) is 5. The zero-order valence-electron chi connectivity index (χ0n) is 19.9. The van der Waals surface area contributed by atoms with Gasteiger partial charge in [-0.25, -0.2) is 15.0 Å². The van der Waals surface area contributed by atoms with Crippen molar-refractivity contribution >= 4 is 33.4 Å². The number of nitrogens with one attached hydrogen (secondary N) is 1. The lowest BCUT2D eigenvalue weighted by Crippen LogP contribution is -2.13. The number of aryl methyl sites for hydroxylation is 1. The van der Waals surface area contributed by atoms with E-state index in [2.05, 4.69) is 20.4 Å². The van der Waals surface area contributed by atoms with E-state index in [1.165, 1.54) is 11.3 Å². The van der Waals surface area contributed by atoms with Gasteiger partial charge in [0.2, 0.25) is 0 Å². The number of carbonyl (C=O) groups excluding carboxylic acids is 1. The number of anilines is 1. The van der Waals surface area contributed by atoms with Crippen LogP contribution >= 0.6 is 11.3 Å². The summed E-state index contributed by atoms with van der Waals surface area (Å²) in [6, 6.07) is 15.3. The number of ether oxygens (including phenoxy) is 1. The van der Waals surface area contributed by atoms with Crippen LogP contribution in [0.1, 0.15) is 47.4 Å². The van der Waals surface area contributed by atoms with Crippen molar-refractivity contribution in [2.75, 3.05) is 11.9 Å². The minimum atomic E-state index is -0.230. The Morgan fingerprint density at radius 1 is 1.17 bits per heavy atom. The molecule has 0 aliphatic heterocycles. The molecule has 1 amide bonds. The highest BCUT2D eigenvalue weighted by atomic mass is 32.1. The molecule has 1 fully saturated rings. The normalized spacial score (nSPS) is 13.2. The third-order valence-electron chi connectivity index (χ3n) is 6.13. The fourth-order valence-electron chi connectivity index (χ4n) is 4.29. The number of pyridine rings is 2. The zero-order valence-corrected chi connectivity index (χ0v) is 20.7. The summed E-state index contributed by atoms with van der Waals surface area (Å²) in [4.78, 5) is 27.6. The summed E-state index contributed by atoms with van der Waals surface area (Å²) in [5.74, 6) is 1.58. The van der Waals surface area contributed by atoms with E-state index in [-0.39, 0.29) is 5.91 Å². The van der Waals surface area contributed by atoms with Crippen LogP contribution in [-0.2, 0) is 0 Å². The molecule has 0 spiro atoms. The summed E-state index contributed by atoms with van der Waals surface area (Å²) in [5.41, 5.74) is 4.48. The van der Waals surface area contributed by atoms with E-state index in [1.807, 2.05) is 67.8 Å². The molecule has 180 valence electrons. The van der Waals surface area contributed by atoms with Crippen molar-refractivity contribution in [1.82, 2.24) is 24.7 Å². The van der Waals surface area contributed by atoms with Crippen LogP contribution in [0, 0.1) is 6.92 Å². The van der Waals surface area contributed by atoms with Crippen molar-refractivity contribution in [3.05, 3.63) is 77.1 Å². The molecule has 8 nitrogen and oxygen atoms in total. The van der Waals surface area contributed by atoms with Crippen LogP contribution in [0.2, 0.25) is 0 Å². The van der Waals surface area contributed by atoms with Crippen LogP contribution in [0.5, 0.6) is 5.75 Å². The number of amides is 1. The molecule has 1 N–H and O–H groups in total. The minimum absolute atomic E-state index is 0.230. The van der Waals surface area contributed by atoms with Crippen molar-refractivity contribution < 1.29 is 9.53 Å². The minimum Gasteiger partial charge on any atom is -0.493 e. The summed E-state index contributed by atoms with van der Waals surface area (Å²) < 4.78 is 7.47. The molecule has 1 saturated carbocycles. The maximum atomic E-state index is 13.6. The highest BCUT2D eigenvalue weighted by Crippen LogP contribution is 2.41. The molecule has 5 aromatic rings. The van der Waals surface area contributed by atoms with Gasteiger partial charge < -0.3 is 4.74 Å². The van der Waals surface area contributed by atoms with Gasteiger partial charge >= 0.3 is 0 Å². The first-order valence-electron chi connectivity index (χ1n) is 11.9. The second-order valence-electron chi connectivity index (χ2n) is 8.67. The fourth-order valence-corrected chi connectivity index (χ4v) is 5.00. The van der Waals surface area contributed by atoms with Gasteiger partial charge in [0.25, 0.3) is 5.91 Å². The van der Waals surface area contributed by atoms with Gasteiger partial charge in [0.05, 0.1) is 28.9 Å². The molecule has 9 heteroatoms. The topological polar surface area (TPSA) is 94.8 Å². The number of hydrogen-bond acceptors (Lipinski definition) is 7. The molecule has 1 aromatic carbocycles. The van der Waals surface area contributed by atoms with Crippen LogP contribution < -0.4 is 10.1 Å². The number of benzene rings is 1. The Morgan fingerprint density at radius 3 is 2.78 bits per heavy atom. The van der Waals surface area contributed by atoms with Crippen molar-refractivity contribution in [1.29, 1.82) is 0 Å². The smallest absolute Gasteiger partial charge is 0.258 e. The summed E-state index contributed by atoms with van der Waals surface area (Å²) in [5, 5.41) is 10.9. The maximum absolute atomic E-state index is 13.6. The lowest BCUT2D eigenvalue weighted by atomic mass is 10.1. The highest BCUT2D eigenvalue weighted by molar-refractivity contribution is 7.14. The van der Waals surface area contributed by atoms with Gasteiger partial charge in [-0.3, -0.25) is 10.1 Å². The highest BCUT2D eigenvalue weighted by Gasteiger charge is 2.29. The Morgan fingerprint density at radius 2 is 2.00 bits per heavy atom. The Bertz CT molecular complexity index is 1570. The average Bonchev–Trinajstić information content (AvgIpc) is 3.57. The summed E-state index contributed by atoms with van der Waals surface area (Å²) in [7, 11) is 0. The van der Waals surface area contributed by atoms with Gasteiger partial charge in [0, 0.05) is 28.8 Å². The molecule has 0 atom stereocenters. The van der Waals surface area contributed by atoms with Crippen molar-refractivity contribution in [3.63, 3.8) is 0 Å². The molecule has 6 rings (SSSR count). The third kappa shape index (κ3) is 4.11. The molecular formula is C27H24N6O2S. The average molecular weight is 497 g/mol. The van der Waals surface area contributed by atoms with Gasteiger partial charge in [-0.15, -0.1) is 11.3 Å². The van der Waals surface area contributed by atoms with E-state index in [1.54, 1.807) is 10.9 Å². The number of fused-ring (bicyclic) bond motifs is 1. The first-order chi connectivity index (χ1) is 17.6. The summed E-state index contributed by atoms with van der Waals surface area (Å²) >= 11 is 1.38. The quantitative estimate of drug-likeness (QED) is 0.307. The van der Waals surface area contributed by atoms with Gasteiger partial charge in [0.15, 0.2) is 16.6 Å². The number of carbonyl (C=O) groups is 1. The van der Waals surface area contributed by atoms with E-state index in [0.717, 1.165) is 46.6 Å². The first-order valence-corrected chi connectivity index (χ1v) is 12.8. The van der Waals surface area contributed by atoms with Crippen LogP contribution in [0.3, 0.4) is 0 Å². The largest absolute Gasteiger partial charge is 0.493 e. The van der Waals surface area contributed by atoms with Crippen molar-refractivity contribution in [2.24, 2.45) is 0 Å². The molecule has 0 saturated heterocycles. The third-order valence-corrected chi connectivity index (χ3v) is 6.88. The standard InChI is InChI=1S/C27H24N6O2S/c1-3-35-22-9-5-4-8-18(22)21-15-36-27(30-21)31-26(34)19-14-20(17-11-12-17)29-25-24(19)16(2)32-33(25)23-10-6-7-13-28-23/h4-10,13-15,17H,3,11-12H2,1-2H3,(H,30,31,34). The lowest BCUT2D eigenvalue weighted by Gasteiger charge is -2.09. The molecular weight excluding hydrogens is 472 g/mol. The molecule has 0 unspecified atom stereocenters. The molecule has 36 heavy (non-hydrogen) atoms. The van der Waals surface area contributed by atoms with Crippen molar-refractivity contribution in [2.45, 2.75) is 32.6 Å². The number of rotatable bonds is 7. The monoisotopic (exact) mass is 496 g/mol. The van der Waals surface area contributed by atoms with E-state index < -0.39 is 0 Å². The first kappa shape index (κ1) is 22.4. The SMILES string of the molecule is CCOc1ccccc1-c1csc(NC(=O)c2cc(C3CC3)nc3c2c(C)nn3-c2ccccn2)n1. The molecule has 0 radical (unpaired) electrons. The van der Waals surface area contributed by atoms with Crippen LogP contribution in [0.4, 0.5) is 5.13 Å². The van der Waals surface area contributed by atoms with Crippen LogP contribution in [0.15, 0.2) is 60.1 Å². The zero-order chi connectivity index (χ0) is 24.6. The maximum Gasteiger partial charge on any atom is 0.258 e. The summed E-state index contributed by atoms with van der Waals surface area (Å²) in [6.45, 7) is 4.41. The fraction of sp³-hybridized carbons (Fsp3) is 0.222. The molecule has 0 bridgehead atoms. The van der Waals surface area contributed by atoms with Gasteiger partial charge in [0.1, 0.15) is 5.75 Å². The van der Waals surface area contributed by atoms with E-state index in [0.29, 0.717) is 34.7 Å². The Balaban J connectivity index is 1.37. The molecule has 4 heterocycles. The van der Waals surface area contributed by atoms with Crippen LogP contribution in [-0.4, -0.2) is 37.2 Å². The van der Waals surface area contributed by atoms with Crippen molar-refractivity contribution in [3.8, 4) is 22.8 Å². The lowest BCUT2D eigenvalue weighted by molar-refractivity contribution is 0.102. The number of para-hydroxylation sites is 1. The van der Waals surface area contributed by atoms with Gasteiger partial charge in [-0.05, 0) is 57.0 Å². The summed E-state index contributed by atoms with van der Waals surface area (Å²) in [6.07, 6.45) is 3.87. The number of hydrogen-bond donors (Lipinski definition) is 1. The van der Waals surface area contributed by atoms with Crippen LogP contribution in [0.25, 0.3) is 28.1 Å². The Hall–Kier alpha value is -4.11. The molecule has 1 aliphatic rings. The Labute approximate surface area is 212 Å². The Kier molecular flexibility index (Phi) is 5.69. The van der Waals surface area contributed by atoms with Gasteiger partial charge in [-0.2, -0.15) is 9.78 Å². The number of aromatic nitrogens is 5. The second-order valence-corrected chi connectivity index (χ2v) is 9.53. The molecule has 1 aliphatic carbocycles. The van der Waals surface area contributed by atoms with Gasteiger partial charge in [-0.1, -0.05) is 18.2 Å². The second kappa shape index (κ2) is 9.16. The van der Waals surface area contributed by atoms with E-state index in [9.17, 15) is 4.79 Å². The predicted octanol–water partition coefficient (Wildman–Crippen LogP) is 5.78. The molecule has 4 aromatic heterocycles. The predicted molar refractivity (Wildman–Crippen MR) is 140 cm³/mol. The van der Waals surface area contributed by atoms with E-state index in [4.69, 9.17) is 9.72 Å². The number of thiazole rings is 1. The van der Waals surface area contributed by atoms with E-state index >= 15 is 0 Å².